The van der Waals surface area contributed by atoms with Crippen molar-refractivity contribution in [2.24, 2.45) is 7.05 Å². The predicted octanol–water partition coefficient (Wildman–Crippen LogP) is 0.896. The van der Waals surface area contributed by atoms with Gasteiger partial charge in [0.15, 0.2) is 0 Å². The van der Waals surface area contributed by atoms with Crippen molar-refractivity contribution in [2.75, 3.05) is 19.6 Å². The molecule has 0 bridgehead atoms. The number of likely N-dealkylation sites (tertiary alicyclic amines) is 1. The summed E-state index contributed by atoms with van der Waals surface area (Å²) in [5, 5.41) is 17.0. The molecule has 27 heavy (non-hydrogen) atoms. The number of carboxylic acid groups (broad SMARTS) is 1. The second-order valence-electron chi connectivity index (χ2n) is 6.83. The summed E-state index contributed by atoms with van der Waals surface area (Å²) >= 11 is 0. The van der Waals surface area contributed by atoms with Crippen molar-refractivity contribution >= 4 is 28.8 Å². The van der Waals surface area contributed by atoms with Crippen molar-refractivity contribution in [3.05, 3.63) is 23.8 Å². The van der Waals surface area contributed by atoms with E-state index in [1.807, 2.05) is 6.07 Å². The van der Waals surface area contributed by atoms with Crippen molar-refractivity contribution in [1.29, 1.82) is 0 Å². The molecule has 0 aliphatic carbocycles. The lowest BCUT2D eigenvalue weighted by atomic mass is 10.1. The van der Waals surface area contributed by atoms with Crippen LogP contribution in [0.2, 0.25) is 0 Å². The fourth-order valence-electron chi connectivity index (χ4n) is 3.59. The third-order valence-electron chi connectivity index (χ3n) is 4.99. The number of nitrogens with zero attached hydrogens (tertiary/aromatic N) is 5. The minimum Gasteiger partial charge on any atom is -0.480 e. The van der Waals surface area contributed by atoms with Crippen LogP contribution in [0.25, 0.3) is 11.0 Å². The normalized spacial score (nSPS) is 17.6. The summed E-state index contributed by atoms with van der Waals surface area (Å²) in [6.45, 7) is 2.13. The molecule has 0 radical (unpaired) electrons. The molecule has 9 nitrogen and oxygen atoms in total. The van der Waals surface area contributed by atoms with Crippen LogP contribution in [-0.4, -0.2) is 73.4 Å². The fourth-order valence-corrected chi connectivity index (χ4v) is 3.59. The zero-order valence-corrected chi connectivity index (χ0v) is 15.5. The fraction of sp³-hybridized carbons (Fsp3) is 0.500. The highest BCUT2D eigenvalue weighted by Crippen LogP contribution is 2.20. The van der Waals surface area contributed by atoms with E-state index in [1.54, 1.807) is 28.8 Å². The van der Waals surface area contributed by atoms with Gasteiger partial charge >= 0.3 is 5.97 Å². The summed E-state index contributed by atoms with van der Waals surface area (Å²) in [5.74, 6) is -1.37. The number of carboxylic acids is 1. The maximum Gasteiger partial charge on any atom is 0.323 e. The van der Waals surface area contributed by atoms with E-state index in [0.717, 1.165) is 5.52 Å². The highest BCUT2D eigenvalue weighted by molar-refractivity contribution is 5.97. The van der Waals surface area contributed by atoms with Crippen molar-refractivity contribution < 1.29 is 19.5 Å². The summed E-state index contributed by atoms with van der Waals surface area (Å²) in [7, 11) is 1.80. The van der Waals surface area contributed by atoms with Gasteiger partial charge in [0.2, 0.25) is 5.91 Å². The summed E-state index contributed by atoms with van der Waals surface area (Å²) in [6, 6.07) is 5.16. The van der Waals surface area contributed by atoms with E-state index < -0.39 is 5.97 Å². The Balaban J connectivity index is 1.71. The van der Waals surface area contributed by atoms with Crippen LogP contribution < -0.4 is 0 Å². The number of aliphatic carboxylic acids is 1. The molecule has 2 aromatic rings. The van der Waals surface area contributed by atoms with Gasteiger partial charge in [-0.25, -0.2) is 4.68 Å². The number of benzene rings is 1. The molecule has 0 spiro atoms. The van der Waals surface area contributed by atoms with Crippen molar-refractivity contribution in [3.8, 4) is 0 Å². The molecule has 1 atom stereocenters. The highest BCUT2D eigenvalue weighted by Gasteiger charge is 2.28. The molecule has 144 valence electrons. The van der Waals surface area contributed by atoms with Gasteiger partial charge in [0.1, 0.15) is 12.1 Å². The average Bonchev–Trinajstić information content (AvgIpc) is 2.84. The molecule has 1 aliphatic rings. The molecule has 1 aromatic heterocycles. The van der Waals surface area contributed by atoms with Gasteiger partial charge in [0.25, 0.3) is 5.91 Å². The van der Waals surface area contributed by atoms with E-state index in [2.05, 4.69) is 10.3 Å². The molecular formula is C18H23N5O4. The molecule has 1 N–H and O–H groups in total. The third kappa shape index (κ3) is 4.07. The van der Waals surface area contributed by atoms with E-state index >= 15 is 0 Å². The summed E-state index contributed by atoms with van der Waals surface area (Å²) in [6.07, 6.45) is 1.96. The average molecular weight is 373 g/mol. The molecule has 2 amide bonds. The van der Waals surface area contributed by atoms with Crippen LogP contribution in [0.15, 0.2) is 18.2 Å². The van der Waals surface area contributed by atoms with Gasteiger partial charge in [0.05, 0.1) is 5.52 Å². The Bertz CT molecular complexity index is 878. The monoisotopic (exact) mass is 373 g/mol. The maximum atomic E-state index is 12.9. The van der Waals surface area contributed by atoms with Crippen LogP contribution in [0.1, 0.15) is 36.5 Å². The number of aryl methyl sites for hydroxylation is 1. The second kappa shape index (κ2) is 7.73. The molecular weight excluding hydrogens is 350 g/mol. The third-order valence-corrected chi connectivity index (χ3v) is 4.99. The number of rotatable bonds is 4. The lowest BCUT2D eigenvalue weighted by Gasteiger charge is -2.28. The molecule has 9 heteroatoms. The zero-order chi connectivity index (χ0) is 19.6. The van der Waals surface area contributed by atoms with Crippen LogP contribution in [0.5, 0.6) is 0 Å². The van der Waals surface area contributed by atoms with Crippen LogP contribution >= 0.6 is 0 Å². The lowest BCUT2D eigenvalue weighted by Crippen LogP contribution is -2.43. The predicted molar refractivity (Wildman–Crippen MR) is 97.1 cm³/mol. The number of fused-ring (bicyclic) bond motifs is 1. The summed E-state index contributed by atoms with van der Waals surface area (Å²) in [4.78, 5) is 38.9. The first-order valence-electron chi connectivity index (χ1n) is 8.94. The molecule has 1 saturated heterocycles. The number of carbonyl (C=O) groups excluding carboxylic acids is 2. The van der Waals surface area contributed by atoms with Gasteiger partial charge in [-0.3, -0.25) is 14.4 Å². The minimum atomic E-state index is -1.03. The van der Waals surface area contributed by atoms with Crippen molar-refractivity contribution in [3.63, 3.8) is 0 Å². The maximum absolute atomic E-state index is 12.9. The Morgan fingerprint density at radius 3 is 2.74 bits per heavy atom. The Hall–Kier alpha value is -2.97. The second-order valence-corrected chi connectivity index (χ2v) is 6.83. The smallest absolute Gasteiger partial charge is 0.323 e. The molecule has 3 rings (SSSR count). The molecule has 1 aromatic carbocycles. The van der Waals surface area contributed by atoms with Crippen LogP contribution in [0.3, 0.4) is 0 Å². The number of amides is 2. The molecule has 1 fully saturated rings. The Morgan fingerprint density at radius 2 is 2.04 bits per heavy atom. The summed E-state index contributed by atoms with van der Waals surface area (Å²) < 4.78 is 1.65. The Labute approximate surface area is 156 Å². The largest absolute Gasteiger partial charge is 0.480 e. The minimum absolute atomic E-state index is 0.0872. The van der Waals surface area contributed by atoms with Gasteiger partial charge in [-0.1, -0.05) is 5.21 Å². The zero-order valence-electron chi connectivity index (χ0n) is 15.5. The van der Waals surface area contributed by atoms with E-state index in [1.165, 1.54) is 11.8 Å². The van der Waals surface area contributed by atoms with Gasteiger partial charge in [-0.15, -0.1) is 5.10 Å². The van der Waals surface area contributed by atoms with Crippen LogP contribution in [0.4, 0.5) is 0 Å². The number of hydrogen-bond donors (Lipinski definition) is 1. The Kier molecular flexibility index (Phi) is 5.38. The van der Waals surface area contributed by atoms with Crippen molar-refractivity contribution in [2.45, 2.75) is 32.2 Å². The van der Waals surface area contributed by atoms with E-state index in [0.29, 0.717) is 43.4 Å². The van der Waals surface area contributed by atoms with E-state index in [4.69, 9.17) is 5.11 Å². The lowest BCUT2D eigenvalue weighted by molar-refractivity contribution is -0.145. The standard InChI is InChI=1S/C18H23N5O4/c1-12(24)23(11-17(25)26)14-4-3-8-22(9-7-14)18(27)13-5-6-16-15(10-13)19-20-21(16)2/h5-6,10,14H,3-4,7-9,11H2,1-2H3,(H,25,26)/t14-/m0/s1. The quantitative estimate of drug-likeness (QED) is 0.853. The SMILES string of the molecule is CC(=O)N(CC(=O)O)[C@H]1CCCN(C(=O)c2ccc3c(c2)nnn3C)CC1. The van der Waals surface area contributed by atoms with Crippen LogP contribution in [0, 0.1) is 0 Å². The number of hydrogen-bond acceptors (Lipinski definition) is 5. The van der Waals surface area contributed by atoms with Gasteiger partial charge in [-0.05, 0) is 37.5 Å². The first-order chi connectivity index (χ1) is 12.9. The molecule has 0 saturated carbocycles. The first kappa shape index (κ1) is 18.8. The topological polar surface area (TPSA) is 109 Å². The van der Waals surface area contributed by atoms with E-state index in [-0.39, 0.29) is 24.4 Å². The number of carbonyl (C=O) groups is 3. The summed E-state index contributed by atoms with van der Waals surface area (Å²) in [5.41, 5.74) is 2.07. The van der Waals surface area contributed by atoms with E-state index in [9.17, 15) is 14.4 Å². The Morgan fingerprint density at radius 1 is 1.26 bits per heavy atom. The molecule has 2 heterocycles. The molecule has 0 unspecified atom stereocenters. The van der Waals surface area contributed by atoms with Crippen molar-refractivity contribution in [1.82, 2.24) is 24.8 Å². The molecule has 1 aliphatic heterocycles. The van der Waals surface area contributed by atoms with Crippen LogP contribution in [-0.2, 0) is 16.6 Å². The van der Waals surface area contributed by atoms with Gasteiger partial charge < -0.3 is 14.9 Å². The highest BCUT2D eigenvalue weighted by atomic mass is 16.4. The first-order valence-corrected chi connectivity index (χ1v) is 8.94. The van der Waals surface area contributed by atoms with Gasteiger partial charge in [-0.2, -0.15) is 0 Å². The number of aromatic nitrogens is 3. The van der Waals surface area contributed by atoms with Gasteiger partial charge in [0, 0.05) is 38.7 Å².